The molecule has 0 aliphatic heterocycles. The van der Waals surface area contributed by atoms with Crippen molar-refractivity contribution in [3.8, 4) is 0 Å². The van der Waals surface area contributed by atoms with E-state index < -0.39 is 0 Å². The van der Waals surface area contributed by atoms with Crippen molar-refractivity contribution in [3.05, 3.63) is 56.1 Å². The Labute approximate surface area is 127 Å². The Kier molecular flexibility index (Phi) is 3.48. The van der Waals surface area contributed by atoms with E-state index in [4.69, 9.17) is 4.42 Å². The minimum Gasteiger partial charge on any atom is -0.453 e. The monoisotopic (exact) mass is 352 g/mol. The zero-order valence-corrected chi connectivity index (χ0v) is 13.0. The molecule has 1 aromatic carbocycles. The van der Waals surface area contributed by atoms with E-state index in [9.17, 15) is 9.18 Å². The lowest BCUT2D eigenvalue weighted by molar-refractivity contribution is 0.0968. The van der Waals surface area contributed by atoms with E-state index >= 15 is 0 Å². The summed E-state index contributed by atoms with van der Waals surface area (Å²) in [7, 11) is 0. The fourth-order valence-electron chi connectivity index (χ4n) is 2.14. The van der Waals surface area contributed by atoms with Gasteiger partial charge in [-0.3, -0.25) is 4.79 Å². The number of hydrogen-bond acceptors (Lipinski definition) is 3. The second-order valence-electron chi connectivity index (χ2n) is 4.49. The van der Waals surface area contributed by atoms with Gasteiger partial charge in [-0.25, -0.2) is 4.39 Å². The largest absolute Gasteiger partial charge is 0.453 e. The molecule has 0 radical (unpaired) electrons. The van der Waals surface area contributed by atoms with Crippen LogP contribution in [-0.4, -0.2) is 5.78 Å². The first-order chi connectivity index (χ1) is 9.56. The zero-order valence-electron chi connectivity index (χ0n) is 10.6. The third kappa shape index (κ3) is 2.31. The number of benzene rings is 1. The van der Waals surface area contributed by atoms with Gasteiger partial charge < -0.3 is 4.42 Å². The van der Waals surface area contributed by atoms with Gasteiger partial charge in [-0.05, 0) is 52.5 Å². The molecule has 102 valence electrons. The molecular formula is C15H10BrFO2S. The molecule has 3 aromatic rings. The summed E-state index contributed by atoms with van der Waals surface area (Å²) in [6, 6.07) is 6.19. The molecule has 3 rings (SSSR count). The molecule has 0 unspecified atom stereocenters. The number of ketones is 1. The summed E-state index contributed by atoms with van der Waals surface area (Å²) in [5, 5.41) is 2.58. The van der Waals surface area contributed by atoms with Crippen LogP contribution >= 0.6 is 27.3 Å². The fraction of sp³-hybridized carbons (Fsp3) is 0.133. The van der Waals surface area contributed by atoms with Gasteiger partial charge in [-0.1, -0.05) is 0 Å². The van der Waals surface area contributed by atoms with Crippen LogP contribution in [-0.2, 0) is 6.42 Å². The molecule has 5 heteroatoms. The molecule has 0 N–H and O–H groups in total. The van der Waals surface area contributed by atoms with Gasteiger partial charge in [0.2, 0.25) is 5.78 Å². The Bertz CT molecular complexity index is 803. The Morgan fingerprint density at radius 3 is 2.90 bits per heavy atom. The van der Waals surface area contributed by atoms with Gasteiger partial charge >= 0.3 is 0 Å². The highest BCUT2D eigenvalue weighted by atomic mass is 79.9. The topological polar surface area (TPSA) is 30.2 Å². The van der Waals surface area contributed by atoms with Gasteiger partial charge in [0.05, 0.1) is 0 Å². The molecule has 20 heavy (non-hydrogen) atoms. The maximum absolute atomic E-state index is 13.3. The summed E-state index contributed by atoms with van der Waals surface area (Å²) in [5.74, 6) is -0.116. The minimum absolute atomic E-state index is 0.0951. The van der Waals surface area contributed by atoms with Gasteiger partial charge in [0.25, 0.3) is 0 Å². The summed E-state index contributed by atoms with van der Waals surface area (Å²) >= 11 is 4.93. The van der Waals surface area contributed by atoms with Crippen LogP contribution in [0.3, 0.4) is 0 Å². The molecular weight excluding hydrogens is 343 g/mol. The smallest absolute Gasteiger partial charge is 0.203 e. The highest BCUT2D eigenvalue weighted by molar-refractivity contribution is 9.10. The highest BCUT2D eigenvalue weighted by Crippen LogP contribution is 2.29. The van der Waals surface area contributed by atoms with Crippen LogP contribution in [0, 0.1) is 12.7 Å². The van der Waals surface area contributed by atoms with Crippen molar-refractivity contribution in [1.82, 2.24) is 0 Å². The quantitative estimate of drug-likeness (QED) is 0.611. The van der Waals surface area contributed by atoms with Gasteiger partial charge in [-0.15, -0.1) is 11.3 Å². The molecule has 2 nitrogen and oxygen atoms in total. The van der Waals surface area contributed by atoms with Crippen molar-refractivity contribution in [2.75, 3.05) is 0 Å². The van der Waals surface area contributed by atoms with E-state index in [1.807, 2.05) is 11.4 Å². The lowest BCUT2D eigenvalue weighted by Gasteiger charge is -1.97. The maximum atomic E-state index is 13.3. The van der Waals surface area contributed by atoms with Crippen molar-refractivity contribution in [1.29, 1.82) is 0 Å². The summed E-state index contributed by atoms with van der Waals surface area (Å²) in [4.78, 5) is 13.3. The number of carbonyl (C=O) groups is 1. The number of thiophene rings is 1. The average molecular weight is 353 g/mol. The minimum atomic E-state index is -0.332. The Morgan fingerprint density at radius 1 is 1.40 bits per heavy atom. The molecule has 0 aliphatic carbocycles. The number of aryl methyl sites for hydroxylation is 1. The lowest BCUT2D eigenvalue weighted by Crippen LogP contribution is -2.02. The molecule has 0 saturated carbocycles. The standard InChI is InChI=1S/C15H10BrFO2S/c1-8-10-6-9(17)2-3-13(10)19-15(8)12(18)7-14-11(16)4-5-20-14/h2-6H,7H2,1H3. The predicted molar refractivity (Wildman–Crippen MR) is 81.0 cm³/mol. The van der Waals surface area contributed by atoms with E-state index in [2.05, 4.69) is 15.9 Å². The number of hydrogen-bond donors (Lipinski definition) is 0. The number of furan rings is 1. The van der Waals surface area contributed by atoms with Gasteiger partial charge in [0.1, 0.15) is 11.4 Å². The molecule has 0 atom stereocenters. The molecule has 0 fully saturated rings. The van der Waals surface area contributed by atoms with E-state index in [1.165, 1.54) is 23.5 Å². The molecule has 0 amide bonds. The van der Waals surface area contributed by atoms with Crippen LogP contribution in [0.1, 0.15) is 21.0 Å². The predicted octanol–water partition coefficient (Wildman–Crippen LogP) is 5.13. The van der Waals surface area contributed by atoms with E-state index in [0.717, 1.165) is 9.35 Å². The van der Waals surface area contributed by atoms with E-state index in [-0.39, 0.29) is 18.0 Å². The average Bonchev–Trinajstić information content (AvgIpc) is 2.95. The van der Waals surface area contributed by atoms with Gasteiger partial charge in [-0.2, -0.15) is 0 Å². The molecule has 0 saturated heterocycles. The molecule has 0 bridgehead atoms. The molecule has 2 heterocycles. The summed E-state index contributed by atoms with van der Waals surface area (Å²) in [6.45, 7) is 1.78. The number of Topliss-reactive ketones (excluding diaryl/α,β-unsaturated/α-hetero) is 1. The number of fused-ring (bicyclic) bond motifs is 1. The molecule has 0 spiro atoms. The van der Waals surface area contributed by atoms with Gasteiger partial charge in [0, 0.05) is 26.7 Å². The number of rotatable bonds is 3. The van der Waals surface area contributed by atoms with Crippen molar-refractivity contribution in [2.24, 2.45) is 0 Å². The molecule has 0 aliphatic rings. The fourth-order valence-corrected chi connectivity index (χ4v) is 3.63. The second-order valence-corrected chi connectivity index (χ2v) is 6.34. The normalized spacial score (nSPS) is 11.2. The van der Waals surface area contributed by atoms with Gasteiger partial charge in [0.15, 0.2) is 5.76 Å². The first kappa shape index (κ1) is 13.5. The first-order valence-corrected chi connectivity index (χ1v) is 7.67. The summed E-state index contributed by atoms with van der Waals surface area (Å²) in [5.41, 5.74) is 1.23. The van der Waals surface area contributed by atoms with Crippen LogP contribution in [0.25, 0.3) is 11.0 Å². The van der Waals surface area contributed by atoms with Crippen LogP contribution in [0.15, 0.2) is 38.5 Å². The second kappa shape index (κ2) is 5.14. The highest BCUT2D eigenvalue weighted by Gasteiger charge is 2.19. The SMILES string of the molecule is Cc1c(C(=O)Cc2sccc2Br)oc2ccc(F)cc12. The third-order valence-electron chi connectivity index (χ3n) is 3.16. The Morgan fingerprint density at radius 2 is 2.20 bits per heavy atom. The van der Waals surface area contributed by atoms with Crippen LogP contribution in [0.2, 0.25) is 0 Å². The van der Waals surface area contributed by atoms with Crippen molar-refractivity contribution >= 4 is 44.0 Å². The Hall–Kier alpha value is -1.46. The molecule has 2 aromatic heterocycles. The zero-order chi connectivity index (χ0) is 14.3. The van der Waals surface area contributed by atoms with Crippen molar-refractivity contribution < 1.29 is 13.6 Å². The van der Waals surface area contributed by atoms with Crippen LogP contribution < -0.4 is 0 Å². The van der Waals surface area contributed by atoms with Crippen LogP contribution in [0.5, 0.6) is 0 Å². The number of carbonyl (C=O) groups excluding carboxylic acids is 1. The maximum Gasteiger partial charge on any atom is 0.203 e. The lowest BCUT2D eigenvalue weighted by atomic mass is 10.1. The first-order valence-electron chi connectivity index (χ1n) is 6.00. The van der Waals surface area contributed by atoms with E-state index in [1.54, 1.807) is 13.0 Å². The summed E-state index contributed by atoms with van der Waals surface area (Å²) in [6.07, 6.45) is 0.279. The van der Waals surface area contributed by atoms with Crippen molar-refractivity contribution in [2.45, 2.75) is 13.3 Å². The Balaban J connectivity index is 2.00. The van der Waals surface area contributed by atoms with Crippen molar-refractivity contribution in [3.63, 3.8) is 0 Å². The van der Waals surface area contributed by atoms with Crippen LogP contribution in [0.4, 0.5) is 4.39 Å². The number of halogens is 2. The summed E-state index contributed by atoms with van der Waals surface area (Å²) < 4.78 is 19.8. The third-order valence-corrected chi connectivity index (χ3v) is 5.09. The van der Waals surface area contributed by atoms with E-state index in [0.29, 0.717) is 22.3 Å².